The Morgan fingerprint density at radius 3 is 2.22 bits per heavy atom. The van der Waals surface area contributed by atoms with Crippen LogP contribution in [0.1, 0.15) is 10.4 Å². The highest BCUT2D eigenvalue weighted by Gasteiger charge is 2.16. The molecule has 3 N–H and O–H groups in total. The first-order valence-electron chi connectivity index (χ1n) is 11.7. The van der Waals surface area contributed by atoms with Crippen LogP contribution in [-0.2, 0) is 0 Å². The van der Waals surface area contributed by atoms with Crippen LogP contribution < -0.4 is 15.8 Å². The van der Waals surface area contributed by atoms with Gasteiger partial charge in [0.05, 0.1) is 7.11 Å². The van der Waals surface area contributed by atoms with Crippen molar-refractivity contribution in [2.24, 2.45) is 5.73 Å². The molecule has 0 unspecified atom stereocenters. The number of primary amides is 1. The van der Waals surface area contributed by atoms with Crippen LogP contribution in [0, 0.1) is 0 Å². The molecule has 6 aromatic rings. The summed E-state index contributed by atoms with van der Waals surface area (Å²) < 4.78 is 7.03. The van der Waals surface area contributed by atoms with E-state index in [2.05, 4.69) is 15.5 Å². The molecule has 1 amide bonds. The monoisotopic (exact) mass is 486 g/mol. The van der Waals surface area contributed by atoms with Crippen LogP contribution in [-0.4, -0.2) is 32.8 Å². The standard InChI is InChI=1S/C29H22N6O2/c1-37-21-16-12-19(13-17-21)28-32-33-29-25-9-5-4-8-24(25)27(34-35(28)29)31-20-14-10-18(11-15-20)22-6-2-3-7-23(22)26(30)36/h2-17H,1H3,(H2,30,36)(H,31,34). The lowest BCUT2D eigenvalue weighted by Crippen LogP contribution is -2.12. The molecule has 0 atom stereocenters. The third kappa shape index (κ3) is 4.00. The van der Waals surface area contributed by atoms with Crippen molar-refractivity contribution in [1.29, 1.82) is 0 Å². The molecule has 180 valence electrons. The number of anilines is 2. The summed E-state index contributed by atoms with van der Waals surface area (Å²) in [6, 6.07) is 30.7. The van der Waals surface area contributed by atoms with Gasteiger partial charge in [-0.3, -0.25) is 4.79 Å². The number of benzene rings is 4. The summed E-state index contributed by atoms with van der Waals surface area (Å²) in [5, 5.41) is 19.0. The van der Waals surface area contributed by atoms with Crippen LogP contribution in [0.3, 0.4) is 0 Å². The van der Waals surface area contributed by atoms with Gasteiger partial charge in [0.2, 0.25) is 5.91 Å². The van der Waals surface area contributed by atoms with E-state index in [9.17, 15) is 4.79 Å². The van der Waals surface area contributed by atoms with E-state index >= 15 is 0 Å². The van der Waals surface area contributed by atoms with Gasteiger partial charge in [-0.2, -0.15) is 4.52 Å². The molecule has 8 nitrogen and oxygen atoms in total. The highest BCUT2D eigenvalue weighted by molar-refractivity contribution is 6.02. The first-order valence-corrected chi connectivity index (χ1v) is 11.7. The maximum Gasteiger partial charge on any atom is 0.249 e. The Kier molecular flexibility index (Phi) is 5.46. The van der Waals surface area contributed by atoms with E-state index in [4.69, 9.17) is 15.6 Å². The van der Waals surface area contributed by atoms with Crippen LogP contribution >= 0.6 is 0 Å². The van der Waals surface area contributed by atoms with Crippen LogP contribution in [0.15, 0.2) is 97.1 Å². The number of ether oxygens (including phenoxy) is 1. The normalized spacial score (nSPS) is 11.1. The minimum absolute atomic E-state index is 0.455. The van der Waals surface area contributed by atoms with E-state index in [1.165, 1.54) is 0 Å². The zero-order chi connectivity index (χ0) is 25.4. The lowest BCUT2D eigenvalue weighted by molar-refractivity contribution is 0.100. The zero-order valence-electron chi connectivity index (χ0n) is 19.9. The minimum Gasteiger partial charge on any atom is -0.497 e. The third-order valence-electron chi connectivity index (χ3n) is 6.26. The number of rotatable bonds is 6. The number of aromatic nitrogens is 4. The number of nitrogens with one attached hydrogen (secondary N) is 1. The third-order valence-corrected chi connectivity index (χ3v) is 6.26. The van der Waals surface area contributed by atoms with Crippen LogP contribution in [0.2, 0.25) is 0 Å². The zero-order valence-corrected chi connectivity index (χ0v) is 19.9. The fourth-order valence-corrected chi connectivity index (χ4v) is 4.41. The van der Waals surface area contributed by atoms with E-state index in [1.54, 1.807) is 23.8 Å². The molecule has 0 aliphatic carbocycles. The molecule has 37 heavy (non-hydrogen) atoms. The van der Waals surface area contributed by atoms with Gasteiger partial charge in [0, 0.05) is 27.6 Å². The number of carbonyl (C=O) groups is 1. The summed E-state index contributed by atoms with van der Waals surface area (Å²) in [5.74, 6) is 1.61. The summed E-state index contributed by atoms with van der Waals surface area (Å²) in [6.07, 6.45) is 0. The van der Waals surface area contributed by atoms with E-state index in [0.29, 0.717) is 22.9 Å². The molecule has 0 aliphatic rings. The summed E-state index contributed by atoms with van der Waals surface area (Å²) >= 11 is 0. The van der Waals surface area contributed by atoms with Crippen molar-refractivity contribution in [3.8, 4) is 28.3 Å². The van der Waals surface area contributed by atoms with E-state index in [1.807, 2.05) is 84.9 Å². The molecular formula is C29H22N6O2. The molecule has 8 heteroatoms. The van der Waals surface area contributed by atoms with Gasteiger partial charge < -0.3 is 15.8 Å². The first kappa shape index (κ1) is 22.2. The maximum absolute atomic E-state index is 11.9. The van der Waals surface area contributed by atoms with Gasteiger partial charge in [-0.15, -0.1) is 15.3 Å². The second-order valence-corrected chi connectivity index (χ2v) is 8.49. The van der Waals surface area contributed by atoms with Crippen LogP contribution in [0.25, 0.3) is 38.9 Å². The molecule has 0 saturated carbocycles. The molecule has 0 fully saturated rings. The van der Waals surface area contributed by atoms with Gasteiger partial charge >= 0.3 is 0 Å². The molecule has 0 bridgehead atoms. The van der Waals surface area contributed by atoms with E-state index < -0.39 is 5.91 Å². The molecule has 2 heterocycles. The molecular weight excluding hydrogens is 464 g/mol. The van der Waals surface area contributed by atoms with Gasteiger partial charge in [-0.25, -0.2) is 0 Å². The Hall–Kier alpha value is -5.24. The quantitative estimate of drug-likeness (QED) is 0.324. The molecule has 0 spiro atoms. The number of carbonyl (C=O) groups excluding carboxylic acids is 1. The second-order valence-electron chi connectivity index (χ2n) is 8.49. The Morgan fingerprint density at radius 1 is 0.811 bits per heavy atom. The Labute approximate surface area is 212 Å². The van der Waals surface area contributed by atoms with E-state index in [0.717, 1.165) is 38.9 Å². The molecule has 4 aromatic carbocycles. The Bertz CT molecular complexity index is 1760. The van der Waals surface area contributed by atoms with Gasteiger partial charge in [-0.05, 0) is 53.6 Å². The number of hydrogen-bond acceptors (Lipinski definition) is 6. The predicted octanol–water partition coefficient (Wildman–Crippen LogP) is 5.46. The molecule has 0 radical (unpaired) electrons. The van der Waals surface area contributed by atoms with Crippen molar-refractivity contribution >= 4 is 33.8 Å². The van der Waals surface area contributed by atoms with Crippen molar-refractivity contribution in [3.63, 3.8) is 0 Å². The van der Waals surface area contributed by atoms with Crippen molar-refractivity contribution in [2.45, 2.75) is 0 Å². The van der Waals surface area contributed by atoms with Gasteiger partial charge in [-0.1, -0.05) is 54.6 Å². The summed E-state index contributed by atoms with van der Waals surface area (Å²) in [4.78, 5) is 11.9. The molecule has 6 rings (SSSR count). The van der Waals surface area contributed by atoms with Crippen molar-refractivity contribution < 1.29 is 9.53 Å². The molecule has 0 saturated heterocycles. The van der Waals surface area contributed by atoms with Gasteiger partial charge in [0.1, 0.15) is 5.75 Å². The fourth-order valence-electron chi connectivity index (χ4n) is 4.41. The number of fused-ring (bicyclic) bond motifs is 3. The number of nitrogens with zero attached hydrogens (tertiary/aromatic N) is 4. The van der Waals surface area contributed by atoms with Gasteiger partial charge in [0.25, 0.3) is 0 Å². The highest BCUT2D eigenvalue weighted by atomic mass is 16.5. The summed E-state index contributed by atoms with van der Waals surface area (Å²) in [7, 11) is 1.64. The SMILES string of the molecule is COc1ccc(-c2nnc3c4ccccc4c(Nc4ccc(-c5ccccc5C(N)=O)cc4)nn23)cc1. The van der Waals surface area contributed by atoms with Crippen molar-refractivity contribution in [2.75, 3.05) is 12.4 Å². The van der Waals surface area contributed by atoms with Crippen LogP contribution in [0.4, 0.5) is 11.5 Å². The summed E-state index contributed by atoms with van der Waals surface area (Å²) in [5.41, 5.74) is 10.1. The first-order chi connectivity index (χ1) is 18.1. The van der Waals surface area contributed by atoms with Crippen molar-refractivity contribution in [3.05, 3.63) is 103 Å². The smallest absolute Gasteiger partial charge is 0.249 e. The molecule has 2 aromatic heterocycles. The Morgan fingerprint density at radius 2 is 1.49 bits per heavy atom. The maximum atomic E-state index is 11.9. The summed E-state index contributed by atoms with van der Waals surface area (Å²) in [6.45, 7) is 0. The largest absolute Gasteiger partial charge is 0.497 e. The lowest BCUT2D eigenvalue weighted by atomic mass is 9.99. The van der Waals surface area contributed by atoms with E-state index in [-0.39, 0.29) is 0 Å². The average molecular weight is 487 g/mol. The minimum atomic E-state index is -0.455. The number of methoxy groups -OCH3 is 1. The predicted molar refractivity (Wildman–Crippen MR) is 144 cm³/mol. The fraction of sp³-hybridized carbons (Fsp3) is 0.0345. The van der Waals surface area contributed by atoms with Crippen LogP contribution in [0.5, 0.6) is 5.75 Å². The average Bonchev–Trinajstić information content (AvgIpc) is 3.38. The topological polar surface area (TPSA) is 107 Å². The lowest BCUT2D eigenvalue weighted by Gasteiger charge is -2.12. The second kappa shape index (κ2) is 9.09. The van der Waals surface area contributed by atoms with Crippen molar-refractivity contribution in [1.82, 2.24) is 19.8 Å². The molecule has 0 aliphatic heterocycles. The van der Waals surface area contributed by atoms with Gasteiger partial charge in [0.15, 0.2) is 17.3 Å². The number of amides is 1. The number of nitrogens with two attached hydrogens (primary N) is 1. The number of hydrogen-bond donors (Lipinski definition) is 2. The Balaban J connectivity index is 1.41. The highest BCUT2D eigenvalue weighted by Crippen LogP contribution is 2.31.